The minimum atomic E-state index is -0.771. The summed E-state index contributed by atoms with van der Waals surface area (Å²) in [5.41, 5.74) is 1.17. The molecule has 0 radical (unpaired) electrons. The van der Waals surface area contributed by atoms with Gasteiger partial charge in [-0.25, -0.2) is 0 Å². The first kappa shape index (κ1) is 21.7. The second kappa shape index (κ2) is 9.30. The van der Waals surface area contributed by atoms with Crippen LogP contribution in [0.1, 0.15) is 42.6 Å². The summed E-state index contributed by atoms with van der Waals surface area (Å²) in [5.74, 6) is -0.296. The molecule has 9 nitrogen and oxygen atoms in total. The van der Waals surface area contributed by atoms with Crippen LogP contribution in [-0.4, -0.2) is 59.9 Å². The van der Waals surface area contributed by atoms with Crippen LogP contribution in [0.3, 0.4) is 0 Å². The average molecular weight is 438 g/mol. The van der Waals surface area contributed by atoms with Crippen LogP contribution in [0.5, 0.6) is 5.75 Å². The number of benzene rings is 1. The molecule has 0 saturated carbocycles. The third-order valence-corrected chi connectivity index (χ3v) is 6.30. The van der Waals surface area contributed by atoms with Gasteiger partial charge in [0.2, 0.25) is 11.8 Å². The minimum Gasteiger partial charge on any atom is -0.496 e. The van der Waals surface area contributed by atoms with Crippen molar-refractivity contribution < 1.29 is 19.1 Å². The van der Waals surface area contributed by atoms with Gasteiger partial charge in [0.05, 0.1) is 13.2 Å². The van der Waals surface area contributed by atoms with Crippen LogP contribution in [0.2, 0.25) is 0 Å². The molecule has 168 valence electrons. The molecule has 2 aromatic rings. The van der Waals surface area contributed by atoms with Crippen molar-refractivity contribution in [1.82, 2.24) is 20.5 Å². The number of ether oxygens (including phenoxy) is 1. The Balaban J connectivity index is 1.49. The maximum absolute atomic E-state index is 13.3. The van der Waals surface area contributed by atoms with Crippen molar-refractivity contribution in [3.05, 3.63) is 30.0 Å². The molecule has 0 spiro atoms. The third kappa shape index (κ3) is 4.26. The fraction of sp³-hybridized carbons (Fsp3) is 0.478. The summed E-state index contributed by atoms with van der Waals surface area (Å²) >= 11 is 0. The van der Waals surface area contributed by atoms with Crippen molar-refractivity contribution in [2.45, 2.75) is 44.2 Å². The van der Waals surface area contributed by atoms with Crippen LogP contribution < -0.4 is 15.4 Å². The highest BCUT2D eigenvalue weighted by Gasteiger charge is 2.35. The van der Waals surface area contributed by atoms with E-state index in [2.05, 4.69) is 21.7 Å². The van der Waals surface area contributed by atoms with Crippen LogP contribution >= 0.6 is 0 Å². The topological polar surface area (TPSA) is 127 Å². The molecule has 0 aliphatic carbocycles. The standard InChI is InChI=1S/C23H27N5O4/c1-32-20-7-4-5-17-16(20)12-18(27-17)23(31)28-10-3-2-6-19(28)22(30)26-15(13-24)11-14-8-9-25-21(14)29/h4-5,7,12,14-15,19,27H,2-3,6,8-11H2,1H3,(H,25,29)(H,26,30)/t14-,15-,19-/m0/s1. The van der Waals surface area contributed by atoms with Gasteiger partial charge in [0.15, 0.2) is 0 Å². The van der Waals surface area contributed by atoms with Crippen LogP contribution in [-0.2, 0) is 9.59 Å². The zero-order valence-corrected chi connectivity index (χ0v) is 18.0. The van der Waals surface area contributed by atoms with E-state index in [1.807, 2.05) is 18.2 Å². The van der Waals surface area contributed by atoms with E-state index >= 15 is 0 Å². The van der Waals surface area contributed by atoms with E-state index in [1.165, 1.54) is 0 Å². The first-order valence-corrected chi connectivity index (χ1v) is 11.0. The number of aromatic nitrogens is 1. The molecule has 0 bridgehead atoms. The van der Waals surface area contributed by atoms with Crippen molar-refractivity contribution in [3.63, 3.8) is 0 Å². The number of carbonyl (C=O) groups is 3. The number of nitrogens with one attached hydrogen (secondary N) is 3. The number of H-pyrrole nitrogens is 1. The number of nitrogens with zero attached hydrogens (tertiary/aromatic N) is 2. The number of piperidine rings is 1. The molecule has 3 heterocycles. The molecule has 2 aliphatic heterocycles. The summed E-state index contributed by atoms with van der Waals surface area (Å²) in [6.45, 7) is 1.06. The maximum atomic E-state index is 13.3. The Morgan fingerprint density at radius 2 is 2.19 bits per heavy atom. The minimum absolute atomic E-state index is 0.0804. The molecular weight excluding hydrogens is 410 g/mol. The highest BCUT2D eigenvalue weighted by Crippen LogP contribution is 2.28. The SMILES string of the molecule is COc1cccc2[nH]c(C(=O)N3CCCC[C@H]3C(=O)N[C@H](C#N)C[C@@H]3CCNC3=O)cc12. The molecule has 3 atom stereocenters. The van der Waals surface area contributed by atoms with Crippen molar-refractivity contribution in [2.75, 3.05) is 20.2 Å². The first-order valence-electron chi connectivity index (χ1n) is 11.0. The lowest BCUT2D eigenvalue weighted by atomic mass is 9.97. The van der Waals surface area contributed by atoms with Gasteiger partial charge in [-0.05, 0) is 50.3 Å². The van der Waals surface area contributed by atoms with Gasteiger partial charge in [-0.15, -0.1) is 0 Å². The van der Waals surface area contributed by atoms with E-state index < -0.39 is 12.1 Å². The quantitative estimate of drug-likeness (QED) is 0.634. The fourth-order valence-corrected chi connectivity index (χ4v) is 4.59. The number of fused-ring (bicyclic) bond motifs is 1. The summed E-state index contributed by atoms with van der Waals surface area (Å²) in [6, 6.07) is 7.95. The van der Waals surface area contributed by atoms with Crippen LogP contribution in [0.25, 0.3) is 10.9 Å². The number of methoxy groups -OCH3 is 1. The summed E-state index contributed by atoms with van der Waals surface area (Å²) in [5, 5.41) is 15.8. The van der Waals surface area contributed by atoms with Crippen LogP contribution in [0.15, 0.2) is 24.3 Å². The van der Waals surface area contributed by atoms with E-state index in [1.54, 1.807) is 18.1 Å². The number of amides is 3. The molecule has 32 heavy (non-hydrogen) atoms. The largest absolute Gasteiger partial charge is 0.496 e. The summed E-state index contributed by atoms with van der Waals surface area (Å²) in [4.78, 5) is 42.9. The molecule has 2 saturated heterocycles. The first-order chi connectivity index (χ1) is 15.5. The Kier molecular flexibility index (Phi) is 6.30. The number of rotatable bonds is 6. The number of likely N-dealkylation sites (tertiary alicyclic amines) is 1. The predicted molar refractivity (Wildman–Crippen MR) is 117 cm³/mol. The van der Waals surface area contributed by atoms with Crippen molar-refractivity contribution in [1.29, 1.82) is 5.26 Å². The monoisotopic (exact) mass is 437 g/mol. The van der Waals surface area contributed by atoms with E-state index in [4.69, 9.17) is 4.74 Å². The Hall–Kier alpha value is -3.54. The number of hydrogen-bond acceptors (Lipinski definition) is 5. The van der Waals surface area contributed by atoms with Gasteiger partial charge in [0.1, 0.15) is 23.5 Å². The van der Waals surface area contributed by atoms with Gasteiger partial charge in [0.25, 0.3) is 5.91 Å². The van der Waals surface area contributed by atoms with Crippen LogP contribution in [0, 0.1) is 17.2 Å². The fourth-order valence-electron chi connectivity index (χ4n) is 4.59. The molecule has 3 amide bonds. The summed E-state index contributed by atoms with van der Waals surface area (Å²) in [7, 11) is 1.58. The van der Waals surface area contributed by atoms with Gasteiger partial charge in [0, 0.05) is 29.9 Å². The number of nitriles is 1. The smallest absolute Gasteiger partial charge is 0.270 e. The highest BCUT2D eigenvalue weighted by molar-refractivity contribution is 6.01. The highest BCUT2D eigenvalue weighted by atomic mass is 16.5. The van der Waals surface area contributed by atoms with E-state index in [9.17, 15) is 19.6 Å². The molecule has 4 rings (SSSR count). The Morgan fingerprint density at radius 3 is 2.91 bits per heavy atom. The molecule has 9 heteroatoms. The number of aromatic amines is 1. The van der Waals surface area contributed by atoms with Crippen molar-refractivity contribution in [2.24, 2.45) is 5.92 Å². The molecule has 3 N–H and O–H groups in total. The molecule has 2 aliphatic rings. The van der Waals surface area contributed by atoms with Crippen LogP contribution in [0.4, 0.5) is 0 Å². The normalized spacial score (nSPS) is 21.6. The molecule has 2 fully saturated rings. The molecule has 0 unspecified atom stereocenters. The lowest BCUT2D eigenvalue weighted by molar-refractivity contribution is -0.128. The van der Waals surface area contributed by atoms with Crippen molar-refractivity contribution >= 4 is 28.6 Å². The molecule has 1 aromatic heterocycles. The second-order valence-electron chi connectivity index (χ2n) is 8.32. The average Bonchev–Trinajstić information content (AvgIpc) is 3.43. The summed E-state index contributed by atoms with van der Waals surface area (Å²) < 4.78 is 5.38. The van der Waals surface area contributed by atoms with Gasteiger partial charge in [-0.3, -0.25) is 14.4 Å². The number of carbonyl (C=O) groups excluding carboxylic acids is 3. The Bertz CT molecular complexity index is 1070. The van der Waals surface area contributed by atoms with Crippen molar-refractivity contribution in [3.8, 4) is 11.8 Å². The van der Waals surface area contributed by atoms with Gasteiger partial charge in [-0.1, -0.05) is 6.07 Å². The van der Waals surface area contributed by atoms with E-state index in [-0.39, 0.29) is 30.1 Å². The third-order valence-electron chi connectivity index (χ3n) is 6.30. The zero-order valence-electron chi connectivity index (χ0n) is 18.0. The predicted octanol–water partition coefficient (Wildman–Crippen LogP) is 1.71. The van der Waals surface area contributed by atoms with Gasteiger partial charge in [-0.2, -0.15) is 5.26 Å². The lowest BCUT2D eigenvalue weighted by Gasteiger charge is -2.35. The Morgan fingerprint density at radius 1 is 1.34 bits per heavy atom. The molecule has 1 aromatic carbocycles. The van der Waals surface area contributed by atoms with E-state index in [0.29, 0.717) is 37.4 Å². The lowest BCUT2D eigenvalue weighted by Crippen LogP contribution is -2.53. The van der Waals surface area contributed by atoms with Gasteiger partial charge < -0.3 is 25.3 Å². The summed E-state index contributed by atoms with van der Waals surface area (Å²) in [6.07, 6.45) is 3.10. The Labute approximate surface area is 186 Å². The van der Waals surface area contributed by atoms with E-state index in [0.717, 1.165) is 23.7 Å². The van der Waals surface area contributed by atoms with Gasteiger partial charge >= 0.3 is 0 Å². The maximum Gasteiger partial charge on any atom is 0.270 e. The zero-order chi connectivity index (χ0) is 22.7. The second-order valence-corrected chi connectivity index (χ2v) is 8.32. The number of hydrogen-bond donors (Lipinski definition) is 3. The molecular formula is C23H27N5O4.